The molecule has 0 aliphatic heterocycles. The van der Waals surface area contributed by atoms with Gasteiger partial charge in [0.25, 0.3) is 0 Å². The molecule has 4 rings (SSSR count). The molecule has 1 aliphatic rings. The Labute approximate surface area is 177 Å². The lowest BCUT2D eigenvalue weighted by Crippen LogP contribution is -2.03. The SMILES string of the molecule is CCOc1cc(C[C@H]2CCc3c(-c4ccccc4F)cccc32)c(Cl)cc1CC. The highest BCUT2D eigenvalue weighted by atomic mass is 35.5. The minimum Gasteiger partial charge on any atom is -0.494 e. The van der Waals surface area contributed by atoms with E-state index in [1.807, 2.05) is 37.3 Å². The number of rotatable bonds is 6. The predicted molar refractivity (Wildman–Crippen MR) is 119 cm³/mol. The third-order valence-corrected chi connectivity index (χ3v) is 6.29. The maximum Gasteiger partial charge on any atom is 0.131 e. The highest BCUT2D eigenvalue weighted by Gasteiger charge is 2.26. The monoisotopic (exact) mass is 408 g/mol. The van der Waals surface area contributed by atoms with Crippen molar-refractivity contribution in [2.45, 2.75) is 45.4 Å². The molecule has 0 N–H and O–H groups in total. The zero-order chi connectivity index (χ0) is 20.4. The molecular formula is C26H26ClFO. The van der Waals surface area contributed by atoms with Crippen LogP contribution in [-0.2, 0) is 19.3 Å². The van der Waals surface area contributed by atoms with Gasteiger partial charge in [-0.15, -0.1) is 0 Å². The van der Waals surface area contributed by atoms with Gasteiger partial charge in [-0.2, -0.15) is 0 Å². The van der Waals surface area contributed by atoms with E-state index < -0.39 is 0 Å². The van der Waals surface area contributed by atoms with E-state index in [0.717, 1.165) is 53.1 Å². The van der Waals surface area contributed by atoms with Crippen molar-refractivity contribution in [3.63, 3.8) is 0 Å². The third kappa shape index (κ3) is 3.91. The molecule has 3 aromatic rings. The Hall–Kier alpha value is -2.32. The second kappa shape index (κ2) is 8.59. The van der Waals surface area contributed by atoms with Crippen LogP contribution in [0, 0.1) is 5.82 Å². The standard InChI is InChI=1S/C26H26ClFO/c1-3-17-15-24(27)19(16-26(17)29-4-2)14-18-12-13-22-20(18)9-7-10-21(22)23-8-5-6-11-25(23)28/h5-11,15-16,18H,3-4,12-14H2,1-2H3/t18-/m1/s1. The van der Waals surface area contributed by atoms with Crippen molar-refractivity contribution >= 4 is 11.6 Å². The molecule has 0 radical (unpaired) electrons. The van der Waals surface area contributed by atoms with E-state index in [1.165, 1.54) is 17.2 Å². The molecule has 0 bridgehead atoms. The van der Waals surface area contributed by atoms with Gasteiger partial charge < -0.3 is 4.74 Å². The number of fused-ring (bicyclic) bond motifs is 1. The van der Waals surface area contributed by atoms with E-state index in [4.69, 9.17) is 16.3 Å². The Balaban J connectivity index is 1.67. The fraction of sp³-hybridized carbons (Fsp3) is 0.308. The quantitative estimate of drug-likeness (QED) is 0.413. The topological polar surface area (TPSA) is 9.23 Å². The molecule has 1 aliphatic carbocycles. The minimum atomic E-state index is -0.163. The fourth-order valence-corrected chi connectivity index (χ4v) is 4.77. The first-order valence-electron chi connectivity index (χ1n) is 10.4. The lowest BCUT2D eigenvalue weighted by molar-refractivity contribution is 0.336. The van der Waals surface area contributed by atoms with Crippen molar-refractivity contribution in [1.29, 1.82) is 0 Å². The molecule has 0 fully saturated rings. The normalized spacial score (nSPS) is 15.4. The van der Waals surface area contributed by atoms with E-state index in [-0.39, 0.29) is 5.82 Å². The summed E-state index contributed by atoms with van der Waals surface area (Å²) in [6, 6.07) is 17.5. The van der Waals surface area contributed by atoms with E-state index >= 15 is 0 Å². The van der Waals surface area contributed by atoms with Crippen molar-refractivity contribution in [2.24, 2.45) is 0 Å². The molecule has 3 heteroatoms. The average Bonchev–Trinajstić information content (AvgIpc) is 3.14. The molecule has 29 heavy (non-hydrogen) atoms. The summed E-state index contributed by atoms with van der Waals surface area (Å²) in [5.41, 5.74) is 6.57. The molecule has 0 saturated heterocycles. The molecule has 1 nitrogen and oxygen atoms in total. The molecule has 1 atom stereocenters. The van der Waals surface area contributed by atoms with Gasteiger partial charge in [0, 0.05) is 10.6 Å². The highest BCUT2D eigenvalue weighted by molar-refractivity contribution is 6.31. The summed E-state index contributed by atoms with van der Waals surface area (Å²) in [5, 5.41) is 0.809. The zero-order valence-electron chi connectivity index (χ0n) is 17.0. The van der Waals surface area contributed by atoms with Gasteiger partial charge in [0.1, 0.15) is 11.6 Å². The van der Waals surface area contributed by atoms with Gasteiger partial charge in [-0.05, 0) is 84.5 Å². The van der Waals surface area contributed by atoms with Gasteiger partial charge in [0.2, 0.25) is 0 Å². The largest absolute Gasteiger partial charge is 0.494 e. The average molecular weight is 409 g/mol. The summed E-state index contributed by atoms with van der Waals surface area (Å²) in [6.07, 6.45) is 3.79. The first-order valence-corrected chi connectivity index (χ1v) is 10.8. The lowest BCUT2D eigenvalue weighted by atomic mass is 9.90. The van der Waals surface area contributed by atoms with E-state index in [1.54, 1.807) is 6.07 Å². The van der Waals surface area contributed by atoms with Crippen LogP contribution in [0.5, 0.6) is 5.75 Å². The van der Waals surface area contributed by atoms with E-state index in [9.17, 15) is 4.39 Å². The predicted octanol–water partition coefficient (Wildman–Crippen LogP) is 7.38. The maximum absolute atomic E-state index is 14.4. The molecule has 0 amide bonds. The van der Waals surface area contributed by atoms with Crippen LogP contribution in [0.15, 0.2) is 54.6 Å². The van der Waals surface area contributed by atoms with Crippen molar-refractivity contribution in [3.05, 3.63) is 87.7 Å². The summed E-state index contributed by atoms with van der Waals surface area (Å²) in [5.74, 6) is 1.16. The van der Waals surface area contributed by atoms with Crippen LogP contribution < -0.4 is 4.74 Å². The minimum absolute atomic E-state index is 0.163. The van der Waals surface area contributed by atoms with E-state index in [2.05, 4.69) is 19.1 Å². The van der Waals surface area contributed by atoms with Crippen molar-refractivity contribution in [2.75, 3.05) is 6.61 Å². The third-order valence-electron chi connectivity index (χ3n) is 5.94. The second-order valence-corrected chi connectivity index (χ2v) is 8.04. The summed E-state index contributed by atoms with van der Waals surface area (Å²) in [7, 11) is 0. The van der Waals surface area contributed by atoms with E-state index in [0.29, 0.717) is 18.1 Å². The van der Waals surface area contributed by atoms with Crippen LogP contribution in [0.25, 0.3) is 11.1 Å². The molecule has 0 saturated carbocycles. The number of aryl methyl sites for hydroxylation is 1. The highest BCUT2D eigenvalue weighted by Crippen LogP contribution is 2.42. The van der Waals surface area contributed by atoms with Crippen LogP contribution in [0.1, 0.15) is 48.4 Å². The van der Waals surface area contributed by atoms with Crippen molar-refractivity contribution < 1.29 is 9.13 Å². The Morgan fingerprint density at radius 1 is 1.00 bits per heavy atom. The summed E-state index contributed by atoms with van der Waals surface area (Å²) in [6.45, 7) is 4.77. The number of benzene rings is 3. The molecule has 0 aromatic heterocycles. The van der Waals surface area contributed by atoms with Gasteiger partial charge in [-0.1, -0.05) is 54.9 Å². The second-order valence-electron chi connectivity index (χ2n) is 7.63. The Kier molecular flexibility index (Phi) is 5.91. The van der Waals surface area contributed by atoms with Crippen LogP contribution in [0.4, 0.5) is 4.39 Å². The van der Waals surface area contributed by atoms with Gasteiger partial charge >= 0.3 is 0 Å². The number of ether oxygens (including phenoxy) is 1. The van der Waals surface area contributed by atoms with Gasteiger partial charge in [-0.25, -0.2) is 4.39 Å². The van der Waals surface area contributed by atoms with Crippen LogP contribution in [0.3, 0.4) is 0 Å². The summed E-state index contributed by atoms with van der Waals surface area (Å²) >= 11 is 6.63. The molecule has 0 unspecified atom stereocenters. The van der Waals surface area contributed by atoms with Crippen LogP contribution >= 0.6 is 11.6 Å². The Morgan fingerprint density at radius 3 is 2.55 bits per heavy atom. The van der Waals surface area contributed by atoms with Crippen LogP contribution in [-0.4, -0.2) is 6.61 Å². The molecule has 150 valence electrons. The van der Waals surface area contributed by atoms with Gasteiger partial charge in [0.05, 0.1) is 6.61 Å². The van der Waals surface area contributed by atoms with Crippen molar-refractivity contribution in [1.82, 2.24) is 0 Å². The fourth-order valence-electron chi connectivity index (χ4n) is 4.51. The smallest absolute Gasteiger partial charge is 0.131 e. The summed E-state index contributed by atoms with van der Waals surface area (Å²) < 4.78 is 20.2. The Bertz CT molecular complexity index is 1030. The first-order chi connectivity index (χ1) is 14.1. The molecule has 3 aromatic carbocycles. The van der Waals surface area contributed by atoms with Gasteiger partial charge in [-0.3, -0.25) is 0 Å². The summed E-state index contributed by atoms with van der Waals surface area (Å²) in [4.78, 5) is 0. The first kappa shape index (κ1) is 20.0. The lowest BCUT2D eigenvalue weighted by Gasteiger charge is -2.17. The Morgan fingerprint density at radius 2 is 1.79 bits per heavy atom. The zero-order valence-corrected chi connectivity index (χ0v) is 17.7. The van der Waals surface area contributed by atoms with Crippen molar-refractivity contribution in [3.8, 4) is 16.9 Å². The number of hydrogen-bond acceptors (Lipinski definition) is 1. The van der Waals surface area contributed by atoms with Crippen LogP contribution in [0.2, 0.25) is 5.02 Å². The van der Waals surface area contributed by atoms with Gasteiger partial charge in [0.15, 0.2) is 0 Å². The number of hydrogen-bond donors (Lipinski definition) is 0. The molecule has 0 heterocycles. The molecule has 0 spiro atoms. The molecular weight excluding hydrogens is 383 g/mol. The maximum atomic E-state index is 14.4. The number of halogens is 2.